The number of esters is 2. The van der Waals surface area contributed by atoms with Gasteiger partial charge in [-0.3, -0.25) is 4.79 Å². The molecule has 0 saturated carbocycles. The van der Waals surface area contributed by atoms with E-state index in [4.69, 9.17) is 33.2 Å². The zero-order valence-electron chi connectivity index (χ0n) is 27.9. The number of carbonyl (C=O) groups excluding carboxylic acids is 2. The fraction of sp³-hybridized carbons (Fsp3) is 0.600. The first-order valence-electron chi connectivity index (χ1n) is 16.6. The van der Waals surface area contributed by atoms with Crippen LogP contribution in [0.15, 0.2) is 48.5 Å². The Kier molecular flexibility index (Phi) is 22.0. The van der Waals surface area contributed by atoms with Crippen LogP contribution in [0.3, 0.4) is 0 Å². The normalized spacial score (nSPS) is 11.4. The summed E-state index contributed by atoms with van der Waals surface area (Å²) in [6.45, 7) is 6.01. The number of rotatable bonds is 28. The second kappa shape index (κ2) is 25.7. The lowest BCUT2D eigenvalue weighted by atomic mass is 10.1. The lowest BCUT2D eigenvalue weighted by Crippen LogP contribution is -2.16. The van der Waals surface area contributed by atoms with Crippen molar-refractivity contribution < 1.29 is 55.9 Å². The van der Waals surface area contributed by atoms with Crippen LogP contribution in [0.1, 0.15) is 67.8 Å². The second-order valence-corrected chi connectivity index (χ2v) is 10.7. The number of anilines is 2. The first kappa shape index (κ1) is 40.9. The molecule has 270 valence electrons. The average molecular weight is 686 g/mol. The maximum Gasteiger partial charge on any atom is 0.416 e. The highest BCUT2D eigenvalue weighted by Gasteiger charge is 2.30. The summed E-state index contributed by atoms with van der Waals surface area (Å²) >= 11 is 0. The van der Waals surface area contributed by atoms with Crippen LogP contribution in [0.2, 0.25) is 0 Å². The summed E-state index contributed by atoms with van der Waals surface area (Å²) in [5.74, 6) is -0.802. The van der Waals surface area contributed by atoms with Crippen molar-refractivity contribution in [1.82, 2.24) is 0 Å². The number of ether oxygens (including phenoxy) is 7. The van der Waals surface area contributed by atoms with Crippen molar-refractivity contribution in [2.24, 2.45) is 0 Å². The highest BCUT2D eigenvalue weighted by atomic mass is 19.4. The first-order valence-corrected chi connectivity index (χ1v) is 16.6. The van der Waals surface area contributed by atoms with Crippen LogP contribution in [-0.4, -0.2) is 91.2 Å². The Labute approximate surface area is 281 Å². The van der Waals surface area contributed by atoms with Crippen LogP contribution < -0.4 is 5.32 Å². The third-order valence-electron chi connectivity index (χ3n) is 6.79. The smallest absolute Gasteiger partial charge is 0.416 e. The summed E-state index contributed by atoms with van der Waals surface area (Å²) in [6, 6.07) is 11.1. The van der Waals surface area contributed by atoms with E-state index in [1.165, 1.54) is 43.9 Å². The summed E-state index contributed by atoms with van der Waals surface area (Å²) in [4.78, 5) is 24.2. The molecular weight excluding hydrogens is 635 g/mol. The van der Waals surface area contributed by atoms with Crippen LogP contribution in [0.5, 0.6) is 0 Å². The van der Waals surface area contributed by atoms with Crippen LogP contribution in [0.4, 0.5) is 24.5 Å². The average Bonchev–Trinajstić information content (AvgIpc) is 3.07. The molecule has 0 bridgehead atoms. The fourth-order valence-electron chi connectivity index (χ4n) is 4.29. The number of hydrogen-bond donors (Lipinski definition) is 1. The molecule has 48 heavy (non-hydrogen) atoms. The molecule has 0 heterocycles. The molecule has 0 spiro atoms. The molecule has 2 aromatic carbocycles. The molecule has 0 saturated heterocycles. The van der Waals surface area contributed by atoms with Gasteiger partial charge in [0.25, 0.3) is 0 Å². The van der Waals surface area contributed by atoms with Crippen molar-refractivity contribution in [2.75, 3.05) is 84.6 Å². The van der Waals surface area contributed by atoms with E-state index in [-0.39, 0.29) is 37.0 Å². The molecule has 0 aliphatic heterocycles. The monoisotopic (exact) mass is 685 g/mol. The number of halogens is 3. The molecule has 0 atom stereocenters. The van der Waals surface area contributed by atoms with Crippen LogP contribution in [0, 0.1) is 0 Å². The maximum atomic E-state index is 13.0. The molecule has 0 amide bonds. The molecule has 0 fully saturated rings. The zero-order chi connectivity index (χ0) is 34.7. The van der Waals surface area contributed by atoms with Gasteiger partial charge < -0.3 is 38.5 Å². The van der Waals surface area contributed by atoms with Crippen molar-refractivity contribution in [2.45, 2.75) is 58.0 Å². The lowest BCUT2D eigenvalue weighted by Gasteiger charge is -2.13. The molecule has 1 N–H and O–H groups in total. The van der Waals surface area contributed by atoms with Gasteiger partial charge in [-0.25, -0.2) is 4.79 Å². The second-order valence-electron chi connectivity index (χ2n) is 10.7. The molecule has 2 aromatic rings. The fourth-order valence-corrected chi connectivity index (χ4v) is 4.29. The summed E-state index contributed by atoms with van der Waals surface area (Å²) < 4.78 is 76.6. The van der Waals surface area contributed by atoms with Gasteiger partial charge in [-0.15, -0.1) is 0 Å². The maximum absolute atomic E-state index is 13.0. The molecule has 10 nitrogen and oxygen atoms in total. The van der Waals surface area contributed by atoms with E-state index in [1.54, 1.807) is 18.2 Å². The molecule has 2 rings (SSSR count). The van der Waals surface area contributed by atoms with Gasteiger partial charge in [-0.1, -0.05) is 57.2 Å². The van der Waals surface area contributed by atoms with Crippen LogP contribution >= 0.6 is 0 Å². The molecular formula is C35H50F3NO9. The predicted molar refractivity (Wildman–Crippen MR) is 174 cm³/mol. The van der Waals surface area contributed by atoms with Crippen molar-refractivity contribution in [3.63, 3.8) is 0 Å². The SMILES string of the molecule is CCCCCCCCC(=O)OCCOCCOCCOCCOCCOCCOC(=O)c1ccccc1Nc1cccc(C(F)(F)F)c1. The van der Waals surface area contributed by atoms with Crippen molar-refractivity contribution in [3.05, 3.63) is 59.7 Å². The number of hydrogen-bond acceptors (Lipinski definition) is 10. The third kappa shape index (κ3) is 19.6. The summed E-state index contributed by atoms with van der Waals surface area (Å²) in [7, 11) is 0. The molecule has 0 radical (unpaired) electrons. The van der Waals surface area contributed by atoms with Crippen molar-refractivity contribution in [3.8, 4) is 0 Å². The highest BCUT2D eigenvalue weighted by Crippen LogP contribution is 2.32. The topological polar surface area (TPSA) is 111 Å². The predicted octanol–water partition coefficient (Wildman–Crippen LogP) is 6.98. The summed E-state index contributed by atoms with van der Waals surface area (Å²) in [5, 5.41) is 2.85. The Balaban J connectivity index is 1.38. The van der Waals surface area contributed by atoms with Gasteiger partial charge in [0.1, 0.15) is 13.2 Å². The minimum Gasteiger partial charge on any atom is -0.463 e. The number of nitrogens with one attached hydrogen (secondary N) is 1. The zero-order valence-corrected chi connectivity index (χ0v) is 27.9. The van der Waals surface area contributed by atoms with E-state index >= 15 is 0 Å². The van der Waals surface area contributed by atoms with Gasteiger partial charge in [0, 0.05) is 12.1 Å². The summed E-state index contributed by atoms with van der Waals surface area (Å²) in [6.07, 6.45) is 2.79. The number of carbonyl (C=O) groups is 2. The lowest BCUT2D eigenvalue weighted by molar-refractivity contribution is -0.145. The van der Waals surface area contributed by atoms with Crippen molar-refractivity contribution in [1.29, 1.82) is 0 Å². The number of benzene rings is 2. The van der Waals surface area contributed by atoms with Gasteiger partial charge in [0.2, 0.25) is 0 Å². The Hall–Kier alpha value is -3.23. The minimum atomic E-state index is -4.48. The number of para-hydroxylation sites is 1. The molecule has 0 aromatic heterocycles. The van der Waals surface area contributed by atoms with E-state index in [9.17, 15) is 22.8 Å². The van der Waals surface area contributed by atoms with E-state index in [0.717, 1.165) is 25.0 Å². The molecule has 0 aliphatic carbocycles. The largest absolute Gasteiger partial charge is 0.463 e. The van der Waals surface area contributed by atoms with E-state index < -0.39 is 17.7 Å². The van der Waals surface area contributed by atoms with E-state index in [2.05, 4.69) is 12.2 Å². The summed E-state index contributed by atoms with van der Waals surface area (Å²) in [5.41, 5.74) is -0.0919. The van der Waals surface area contributed by atoms with Crippen LogP contribution in [0.25, 0.3) is 0 Å². The van der Waals surface area contributed by atoms with Gasteiger partial charge in [-0.2, -0.15) is 13.2 Å². The van der Waals surface area contributed by atoms with Gasteiger partial charge in [-0.05, 0) is 36.8 Å². The van der Waals surface area contributed by atoms with E-state index in [0.29, 0.717) is 71.6 Å². The van der Waals surface area contributed by atoms with Gasteiger partial charge >= 0.3 is 18.1 Å². The Morgan fingerprint density at radius 3 is 1.73 bits per heavy atom. The highest BCUT2D eigenvalue weighted by molar-refractivity contribution is 5.96. The van der Waals surface area contributed by atoms with E-state index in [1.807, 2.05) is 0 Å². The minimum absolute atomic E-state index is 0.00234. The first-order chi connectivity index (χ1) is 23.3. The Bertz CT molecular complexity index is 1150. The number of alkyl halides is 3. The quantitative estimate of drug-likeness (QED) is 0.0744. The number of unbranched alkanes of at least 4 members (excludes halogenated alkanes) is 5. The Morgan fingerprint density at radius 2 is 1.15 bits per heavy atom. The third-order valence-corrected chi connectivity index (χ3v) is 6.79. The molecule has 0 aliphatic rings. The standard InChI is InChI=1S/C35H50F3NO9/c1-2-3-4-5-6-7-15-33(40)47-26-24-45-22-20-43-18-16-42-17-19-44-21-23-46-25-27-48-34(41)31-13-8-9-14-32(31)39-30-12-10-11-29(28-30)35(36,37)38/h8-14,28,39H,2-7,15-27H2,1H3. The molecule has 0 unspecified atom stereocenters. The molecule has 13 heteroatoms. The Morgan fingerprint density at radius 1 is 0.625 bits per heavy atom. The van der Waals surface area contributed by atoms with Crippen molar-refractivity contribution >= 4 is 23.3 Å². The van der Waals surface area contributed by atoms with Crippen LogP contribution in [-0.2, 0) is 44.1 Å². The van der Waals surface area contributed by atoms with Gasteiger partial charge in [0.15, 0.2) is 0 Å². The van der Waals surface area contributed by atoms with Gasteiger partial charge in [0.05, 0.1) is 82.9 Å².